The highest BCUT2D eigenvalue weighted by Crippen LogP contribution is 2.26. The predicted octanol–water partition coefficient (Wildman–Crippen LogP) is 2.67. The lowest BCUT2D eigenvalue weighted by Crippen LogP contribution is -2.50. The molecular formula is C17H28N2O. The van der Waals surface area contributed by atoms with E-state index in [0.717, 1.165) is 19.7 Å². The van der Waals surface area contributed by atoms with Gasteiger partial charge in [0.05, 0.1) is 18.8 Å². The molecule has 1 aliphatic heterocycles. The van der Waals surface area contributed by atoms with Gasteiger partial charge >= 0.3 is 0 Å². The highest BCUT2D eigenvalue weighted by atomic mass is 16.5. The lowest BCUT2D eigenvalue weighted by Gasteiger charge is -2.39. The van der Waals surface area contributed by atoms with E-state index < -0.39 is 0 Å². The molecule has 0 spiro atoms. The van der Waals surface area contributed by atoms with E-state index >= 15 is 0 Å². The number of likely N-dealkylation sites (N-methyl/N-ethyl adjacent to an activating group) is 1. The molecule has 2 rings (SSSR count). The monoisotopic (exact) mass is 276 g/mol. The maximum atomic E-state index is 6.06. The summed E-state index contributed by atoms with van der Waals surface area (Å²) in [5, 5.41) is 3.46. The molecule has 20 heavy (non-hydrogen) atoms. The molecule has 0 radical (unpaired) electrons. The van der Waals surface area contributed by atoms with E-state index in [9.17, 15) is 0 Å². The van der Waals surface area contributed by atoms with Crippen LogP contribution in [0.15, 0.2) is 18.2 Å². The van der Waals surface area contributed by atoms with Crippen molar-refractivity contribution in [3.05, 3.63) is 34.9 Å². The quantitative estimate of drug-likeness (QED) is 0.915. The van der Waals surface area contributed by atoms with Gasteiger partial charge in [0.1, 0.15) is 0 Å². The van der Waals surface area contributed by atoms with Gasteiger partial charge in [0.2, 0.25) is 0 Å². The molecule has 0 aromatic heterocycles. The van der Waals surface area contributed by atoms with Gasteiger partial charge in [-0.25, -0.2) is 0 Å². The van der Waals surface area contributed by atoms with Crippen molar-refractivity contribution in [1.29, 1.82) is 0 Å². The summed E-state index contributed by atoms with van der Waals surface area (Å²) in [5.41, 5.74) is 4.01. The minimum Gasteiger partial charge on any atom is -0.374 e. The van der Waals surface area contributed by atoms with Crippen LogP contribution in [0, 0.1) is 13.8 Å². The van der Waals surface area contributed by atoms with E-state index in [1.807, 2.05) is 7.05 Å². The fourth-order valence-electron chi connectivity index (χ4n) is 3.00. The molecule has 1 aromatic rings. The highest BCUT2D eigenvalue weighted by Gasteiger charge is 2.30. The molecule has 1 aromatic carbocycles. The van der Waals surface area contributed by atoms with Gasteiger partial charge in [-0.1, -0.05) is 23.8 Å². The number of rotatable bonds is 4. The third-order valence-electron chi connectivity index (χ3n) is 4.31. The standard InChI is InChI=1S/C17H28N2O/c1-12(2)19-8-9-20-16(11-19)17(18-5)15-10-13(3)6-7-14(15)4/h6-7,10,12,16-18H,8-9,11H2,1-5H3. The molecule has 0 saturated carbocycles. The van der Waals surface area contributed by atoms with Gasteiger partial charge in [-0.3, -0.25) is 4.90 Å². The van der Waals surface area contributed by atoms with Crippen LogP contribution >= 0.6 is 0 Å². The summed E-state index contributed by atoms with van der Waals surface area (Å²) in [6.45, 7) is 11.7. The first kappa shape index (κ1) is 15.5. The van der Waals surface area contributed by atoms with E-state index in [4.69, 9.17) is 4.74 Å². The van der Waals surface area contributed by atoms with E-state index in [0.29, 0.717) is 6.04 Å². The third-order valence-corrected chi connectivity index (χ3v) is 4.31. The van der Waals surface area contributed by atoms with Crippen LogP contribution < -0.4 is 5.32 Å². The van der Waals surface area contributed by atoms with Crippen LogP contribution in [0.5, 0.6) is 0 Å². The summed E-state index contributed by atoms with van der Waals surface area (Å²) < 4.78 is 6.06. The minimum absolute atomic E-state index is 0.219. The molecule has 2 unspecified atom stereocenters. The Balaban J connectivity index is 2.21. The Kier molecular flexibility index (Phi) is 5.19. The summed E-state index contributed by atoms with van der Waals surface area (Å²) in [4.78, 5) is 2.50. The van der Waals surface area contributed by atoms with Crippen molar-refractivity contribution in [2.45, 2.75) is 45.9 Å². The number of morpholine rings is 1. The molecule has 112 valence electrons. The van der Waals surface area contributed by atoms with Gasteiger partial charge in [-0.05, 0) is 45.9 Å². The van der Waals surface area contributed by atoms with Gasteiger partial charge in [-0.15, -0.1) is 0 Å². The fourth-order valence-corrected chi connectivity index (χ4v) is 3.00. The van der Waals surface area contributed by atoms with Gasteiger partial charge < -0.3 is 10.1 Å². The lowest BCUT2D eigenvalue weighted by molar-refractivity contribution is -0.0551. The van der Waals surface area contributed by atoms with Crippen LogP contribution in [0.2, 0.25) is 0 Å². The molecule has 1 N–H and O–H groups in total. The average Bonchev–Trinajstić information content (AvgIpc) is 2.44. The first-order chi connectivity index (χ1) is 9.52. The molecular weight excluding hydrogens is 248 g/mol. The summed E-state index contributed by atoms with van der Waals surface area (Å²) in [5.74, 6) is 0. The second-order valence-electron chi connectivity index (χ2n) is 6.12. The first-order valence-corrected chi connectivity index (χ1v) is 7.63. The molecule has 1 aliphatic rings. The maximum absolute atomic E-state index is 6.06. The van der Waals surface area contributed by atoms with Crippen LogP contribution in [-0.2, 0) is 4.74 Å². The Hall–Kier alpha value is -0.900. The van der Waals surface area contributed by atoms with Crippen LogP contribution in [0.25, 0.3) is 0 Å². The van der Waals surface area contributed by atoms with E-state index in [1.54, 1.807) is 0 Å². The summed E-state index contributed by atoms with van der Waals surface area (Å²) >= 11 is 0. The largest absolute Gasteiger partial charge is 0.374 e. The molecule has 2 atom stereocenters. The normalized spacial score (nSPS) is 22.2. The second-order valence-corrected chi connectivity index (χ2v) is 6.12. The van der Waals surface area contributed by atoms with Crippen molar-refractivity contribution in [3.8, 4) is 0 Å². The summed E-state index contributed by atoms with van der Waals surface area (Å²) in [6.07, 6.45) is 0.219. The fraction of sp³-hybridized carbons (Fsp3) is 0.647. The first-order valence-electron chi connectivity index (χ1n) is 7.63. The van der Waals surface area contributed by atoms with E-state index in [2.05, 4.69) is 56.1 Å². The van der Waals surface area contributed by atoms with Gasteiger partial charge in [-0.2, -0.15) is 0 Å². The molecule has 0 amide bonds. The average molecular weight is 276 g/mol. The van der Waals surface area contributed by atoms with Crippen LogP contribution in [-0.4, -0.2) is 43.8 Å². The third kappa shape index (κ3) is 3.40. The SMILES string of the molecule is CNC(c1cc(C)ccc1C)C1CN(C(C)C)CCO1. The molecule has 1 fully saturated rings. The zero-order valence-corrected chi connectivity index (χ0v) is 13.4. The molecule has 0 bridgehead atoms. The van der Waals surface area contributed by atoms with E-state index in [1.165, 1.54) is 16.7 Å². The Bertz CT molecular complexity index is 445. The summed E-state index contributed by atoms with van der Waals surface area (Å²) in [6, 6.07) is 7.51. The van der Waals surface area contributed by atoms with Crippen LogP contribution in [0.1, 0.15) is 36.6 Å². The number of hydrogen-bond acceptors (Lipinski definition) is 3. The van der Waals surface area contributed by atoms with Gasteiger partial charge in [0, 0.05) is 19.1 Å². The number of nitrogens with one attached hydrogen (secondary N) is 1. The van der Waals surface area contributed by atoms with Crippen molar-refractivity contribution < 1.29 is 4.74 Å². The molecule has 1 heterocycles. The lowest BCUT2D eigenvalue weighted by atomic mass is 9.94. The number of hydrogen-bond donors (Lipinski definition) is 1. The minimum atomic E-state index is 0.219. The Labute approximate surface area is 123 Å². The maximum Gasteiger partial charge on any atom is 0.0897 e. The highest BCUT2D eigenvalue weighted by molar-refractivity contribution is 5.33. The molecule has 3 nitrogen and oxygen atoms in total. The van der Waals surface area contributed by atoms with Crippen molar-refractivity contribution in [2.24, 2.45) is 0 Å². The van der Waals surface area contributed by atoms with Crippen molar-refractivity contribution in [1.82, 2.24) is 10.2 Å². The number of benzene rings is 1. The molecule has 1 saturated heterocycles. The van der Waals surface area contributed by atoms with E-state index in [-0.39, 0.29) is 12.1 Å². The smallest absolute Gasteiger partial charge is 0.0897 e. The Morgan fingerprint density at radius 3 is 2.70 bits per heavy atom. The van der Waals surface area contributed by atoms with Crippen LogP contribution in [0.3, 0.4) is 0 Å². The number of aryl methyl sites for hydroxylation is 2. The zero-order valence-electron chi connectivity index (χ0n) is 13.4. The Morgan fingerprint density at radius 2 is 2.05 bits per heavy atom. The predicted molar refractivity (Wildman–Crippen MR) is 84.2 cm³/mol. The zero-order chi connectivity index (χ0) is 14.7. The second kappa shape index (κ2) is 6.70. The topological polar surface area (TPSA) is 24.5 Å². The number of nitrogens with zero attached hydrogens (tertiary/aromatic N) is 1. The van der Waals surface area contributed by atoms with Gasteiger partial charge in [0.25, 0.3) is 0 Å². The van der Waals surface area contributed by atoms with Gasteiger partial charge in [0.15, 0.2) is 0 Å². The Morgan fingerprint density at radius 1 is 1.30 bits per heavy atom. The molecule has 3 heteroatoms. The summed E-state index contributed by atoms with van der Waals surface area (Å²) in [7, 11) is 2.03. The van der Waals surface area contributed by atoms with Crippen molar-refractivity contribution in [2.75, 3.05) is 26.7 Å². The number of ether oxygens (including phenoxy) is 1. The van der Waals surface area contributed by atoms with Crippen LogP contribution in [0.4, 0.5) is 0 Å². The van der Waals surface area contributed by atoms with Crippen molar-refractivity contribution >= 4 is 0 Å². The van der Waals surface area contributed by atoms with Crippen molar-refractivity contribution in [3.63, 3.8) is 0 Å². The molecule has 0 aliphatic carbocycles.